The zero-order chi connectivity index (χ0) is 17.1. The van der Waals surface area contributed by atoms with E-state index >= 15 is 0 Å². The van der Waals surface area contributed by atoms with Crippen molar-refractivity contribution in [2.24, 2.45) is 0 Å². The summed E-state index contributed by atoms with van der Waals surface area (Å²) in [6, 6.07) is 2.82. The van der Waals surface area contributed by atoms with Crippen LogP contribution in [0.1, 0.15) is 44.0 Å². The molecular formula is C16H22N2O5. The summed E-state index contributed by atoms with van der Waals surface area (Å²) in [7, 11) is 1.41. The molecule has 0 saturated heterocycles. The number of nitrogens with zero attached hydrogens (tertiary/aromatic N) is 2. The molecule has 1 aliphatic rings. The first-order valence-corrected chi connectivity index (χ1v) is 7.72. The summed E-state index contributed by atoms with van der Waals surface area (Å²) in [5, 5.41) is 11.4. The van der Waals surface area contributed by atoms with Gasteiger partial charge in [-0.1, -0.05) is 0 Å². The van der Waals surface area contributed by atoms with Crippen LogP contribution in [0.25, 0.3) is 0 Å². The Labute approximate surface area is 135 Å². The molecule has 1 aliphatic carbocycles. The van der Waals surface area contributed by atoms with Gasteiger partial charge in [0.2, 0.25) is 0 Å². The number of carbonyl (C=O) groups excluding carboxylic acids is 1. The monoisotopic (exact) mass is 322 g/mol. The van der Waals surface area contributed by atoms with E-state index in [4.69, 9.17) is 9.47 Å². The van der Waals surface area contributed by atoms with Crippen LogP contribution in [0.5, 0.6) is 11.5 Å². The van der Waals surface area contributed by atoms with E-state index in [9.17, 15) is 14.9 Å². The van der Waals surface area contributed by atoms with Crippen molar-refractivity contribution in [1.82, 2.24) is 4.90 Å². The highest BCUT2D eigenvalue weighted by molar-refractivity contribution is 5.99. The summed E-state index contributed by atoms with van der Waals surface area (Å²) < 4.78 is 10.6. The second-order valence-electron chi connectivity index (χ2n) is 5.75. The molecule has 0 bridgehead atoms. The van der Waals surface area contributed by atoms with Crippen molar-refractivity contribution in [2.75, 3.05) is 13.7 Å². The minimum atomic E-state index is -0.559. The molecule has 0 N–H and O–H groups in total. The number of benzene rings is 1. The fourth-order valence-corrected chi connectivity index (χ4v) is 2.61. The smallest absolute Gasteiger partial charge is 0.286 e. The Morgan fingerprint density at radius 2 is 2.04 bits per heavy atom. The number of nitro groups is 1. The fourth-order valence-electron chi connectivity index (χ4n) is 2.61. The summed E-state index contributed by atoms with van der Waals surface area (Å²) in [5.74, 6) is 0.249. The van der Waals surface area contributed by atoms with Gasteiger partial charge in [-0.15, -0.1) is 0 Å². The highest BCUT2D eigenvalue weighted by Gasteiger charge is 2.37. The van der Waals surface area contributed by atoms with Crippen molar-refractivity contribution >= 4 is 11.6 Å². The second kappa shape index (κ2) is 6.85. The molecule has 0 atom stereocenters. The number of ether oxygens (including phenoxy) is 2. The van der Waals surface area contributed by atoms with Crippen molar-refractivity contribution in [2.45, 2.75) is 45.7 Å². The molecule has 23 heavy (non-hydrogen) atoms. The van der Waals surface area contributed by atoms with Crippen molar-refractivity contribution in [3.63, 3.8) is 0 Å². The molecule has 0 aliphatic heterocycles. The van der Waals surface area contributed by atoms with Crippen LogP contribution in [0.3, 0.4) is 0 Å². The van der Waals surface area contributed by atoms with Gasteiger partial charge in [-0.2, -0.15) is 0 Å². The highest BCUT2D eigenvalue weighted by atomic mass is 16.6. The third-order valence-corrected chi connectivity index (χ3v) is 3.74. The van der Waals surface area contributed by atoms with E-state index in [0.29, 0.717) is 12.4 Å². The SMILES string of the molecule is CCOc1cc(C(=O)N(C(C)C)C2CC2)c([N+](=O)[O-])cc1OC. The van der Waals surface area contributed by atoms with Crippen molar-refractivity contribution in [3.05, 3.63) is 27.8 Å². The zero-order valence-corrected chi connectivity index (χ0v) is 13.9. The Morgan fingerprint density at radius 3 is 2.48 bits per heavy atom. The molecule has 0 spiro atoms. The lowest BCUT2D eigenvalue weighted by atomic mass is 10.1. The molecule has 0 radical (unpaired) electrons. The van der Waals surface area contributed by atoms with Crippen LogP contribution in [-0.4, -0.2) is 41.5 Å². The lowest BCUT2D eigenvalue weighted by molar-refractivity contribution is -0.385. The van der Waals surface area contributed by atoms with E-state index in [0.717, 1.165) is 12.8 Å². The lowest BCUT2D eigenvalue weighted by Crippen LogP contribution is -2.39. The predicted octanol–water partition coefficient (Wildman–Crippen LogP) is 3.02. The first kappa shape index (κ1) is 17.1. The molecule has 1 aromatic rings. The van der Waals surface area contributed by atoms with E-state index in [1.165, 1.54) is 19.2 Å². The quantitative estimate of drug-likeness (QED) is 0.569. The van der Waals surface area contributed by atoms with E-state index in [-0.39, 0.29) is 35.0 Å². The topological polar surface area (TPSA) is 81.9 Å². The Kier molecular flexibility index (Phi) is 5.08. The average molecular weight is 322 g/mol. The summed E-state index contributed by atoms with van der Waals surface area (Å²) in [4.78, 5) is 25.4. The molecule has 7 heteroatoms. The molecule has 0 unspecified atom stereocenters. The molecule has 126 valence electrons. The van der Waals surface area contributed by atoms with Gasteiger partial charge in [-0.3, -0.25) is 14.9 Å². The van der Waals surface area contributed by atoms with Gasteiger partial charge in [0.1, 0.15) is 5.56 Å². The van der Waals surface area contributed by atoms with Gasteiger partial charge in [0.15, 0.2) is 11.5 Å². The minimum Gasteiger partial charge on any atom is -0.493 e. The van der Waals surface area contributed by atoms with Gasteiger partial charge in [-0.25, -0.2) is 0 Å². The largest absolute Gasteiger partial charge is 0.493 e. The minimum absolute atomic E-state index is 0.0211. The maximum Gasteiger partial charge on any atom is 0.286 e. The molecule has 0 aromatic heterocycles. The first-order chi connectivity index (χ1) is 10.9. The lowest BCUT2D eigenvalue weighted by Gasteiger charge is -2.27. The molecule has 0 heterocycles. The number of hydrogen-bond acceptors (Lipinski definition) is 5. The number of methoxy groups -OCH3 is 1. The van der Waals surface area contributed by atoms with E-state index in [2.05, 4.69) is 0 Å². The van der Waals surface area contributed by atoms with Crippen LogP contribution >= 0.6 is 0 Å². The van der Waals surface area contributed by atoms with Gasteiger partial charge in [0.25, 0.3) is 11.6 Å². The second-order valence-corrected chi connectivity index (χ2v) is 5.75. The number of amides is 1. The first-order valence-electron chi connectivity index (χ1n) is 7.72. The number of nitro benzene ring substituents is 1. The molecule has 2 rings (SSSR count). The van der Waals surface area contributed by atoms with Crippen LogP contribution in [-0.2, 0) is 0 Å². The Bertz CT molecular complexity index is 609. The normalized spacial score (nSPS) is 13.8. The van der Waals surface area contributed by atoms with Gasteiger partial charge in [-0.05, 0) is 33.6 Å². The van der Waals surface area contributed by atoms with Gasteiger partial charge in [0.05, 0.1) is 24.7 Å². The van der Waals surface area contributed by atoms with Crippen LogP contribution in [0.2, 0.25) is 0 Å². The molecule has 7 nitrogen and oxygen atoms in total. The van der Waals surface area contributed by atoms with Gasteiger partial charge in [0, 0.05) is 18.2 Å². The van der Waals surface area contributed by atoms with E-state index in [1.807, 2.05) is 13.8 Å². The van der Waals surface area contributed by atoms with Crippen LogP contribution < -0.4 is 9.47 Å². The molecule has 1 aromatic carbocycles. The van der Waals surface area contributed by atoms with Crippen LogP contribution in [0.4, 0.5) is 5.69 Å². The van der Waals surface area contributed by atoms with E-state index < -0.39 is 4.92 Å². The summed E-state index contributed by atoms with van der Waals surface area (Å²) in [5.41, 5.74) is -0.221. The fraction of sp³-hybridized carbons (Fsp3) is 0.562. The standard InChI is InChI=1S/C16H22N2O5/c1-5-23-15-8-12(13(18(20)21)9-14(15)22-4)16(19)17(10(2)3)11-6-7-11/h8-11H,5-7H2,1-4H3. The summed E-state index contributed by atoms with van der Waals surface area (Å²) in [6.45, 7) is 6.00. The van der Waals surface area contributed by atoms with Gasteiger partial charge >= 0.3 is 0 Å². The average Bonchev–Trinajstić information content (AvgIpc) is 3.31. The Balaban J connectivity index is 2.51. The highest BCUT2D eigenvalue weighted by Crippen LogP contribution is 2.37. The van der Waals surface area contributed by atoms with E-state index in [1.54, 1.807) is 11.8 Å². The zero-order valence-electron chi connectivity index (χ0n) is 13.9. The summed E-state index contributed by atoms with van der Waals surface area (Å²) >= 11 is 0. The van der Waals surface area contributed by atoms with Crippen molar-refractivity contribution in [3.8, 4) is 11.5 Å². The van der Waals surface area contributed by atoms with Crippen LogP contribution in [0, 0.1) is 10.1 Å². The maximum absolute atomic E-state index is 12.9. The summed E-state index contributed by atoms with van der Waals surface area (Å²) in [6.07, 6.45) is 1.87. The van der Waals surface area contributed by atoms with Crippen molar-refractivity contribution in [1.29, 1.82) is 0 Å². The third-order valence-electron chi connectivity index (χ3n) is 3.74. The Morgan fingerprint density at radius 1 is 1.39 bits per heavy atom. The van der Waals surface area contributed by atoms with Gasteiger partial charge < -0.3 is 14.4 Å². The molecule has 1 fully saturated rings. The Hall–Kier alpha value is -2.31. The van der Waals surface area contributed by atoms with Crippen LogP contribution in [0.15, 0.2) is 12.1 Å². The third kappa shape index (κ3) is 3.55. The molecule has 1 saturated carbocycles. The number of rotatable bonds is 7. The number of carbonyl (C=O) groups is 1. The van der Waals surface area contributed by atoms with Crippen molar-refractivity contribution < 1.29 is 19.2 Å². The molecule has 1 amide bonds. The molecular weight excluding hydrogens is 300 g/mol. The maximum atomic E-state index is 12.9. The predicted molar refractivity (Wildman–Crippen MR) is 85.1 cm³/mol. The number of hydrogen-bond donors (Lipinski definition) is 0.